The van der Waals surface area contributed by atoms with Crippen LogP contribution in [0.3, 0.4) is 0 Å². The Hall–Kier alpha value is -2.68. The number of benzene rings is 2. The van der Waals surface area contributed by atoms with Crippen LogP contribution in [-0.2, 0) is 19.8 Å². The third-order valence-electron chi connectivity index (χ3n) is 7.24. The van der Waals surface area contributed by atoms with Gasteiger partial charge in [-0.25, -0.2) is 13.8 Å². The van der Waals surface area contributed by atoms with Gasteiger partial charge in [0.05, 0.1) is 17.8 Å². The van der Waals surface area contributed by atoms with E-state index in [2.05, 4.69) is 10.0 Å². The van der Waals surface area contributed by atoms with Crippen molar-refractivity contribution in [1.82, 2.24) is 9.91 Å². The second-order valence-electron chi connectivity index (χ2n) is 9.38. The zero-order valence-corrected chi connectivity index (χ0v) is 20.6. The molecule has 2 heterocycles. The first-order valence-electron chi connectivity index (χ1n) is 12.0. The van der Waals surface area contributed by atoms with Gasteiger partial charge in [-0.1, -0.05) is 30.3 Å². The van der Waals surface area contributed by atoms with E-state index >= 15 is 0 Å². The summed E-state index contributed by atoms with van der Waals surface area (Å²) < 4.78 is 39.9. The van der Waals surface area contributed by atoms with Crippen molar-refractivity contribution >= 4 is 11.6 Å². The Labute approximate surface area is 205 Å². The van der Waals surface area contributed by atoms with Crippen molar-refractivity contribution in [2.24, 2.45) is 5.10 Å². The summed E-state index contributed by atoms with van der Waals surface area (Å²) >= 11 is 0. The number of halogens is 2. The lowest BCUT2D eigenvalue weighted by Crippen LogP contribution is -2.51. The molecule has 0 bridgehead atoms. The first kappa shape index (κ1) is 25.4. The standard InChI is InChI=1S/C27H33F2N3O3/c1-20(33)32-26(21-9-5-4-6-10-21,18-25(30-32)23-17-22(28)11-12-24(23)29)13-7-15-31-16-8-14-27(19-31,34-2)35-3/h4-6,9-12,17H,7-8,13-16,18-19H2,1-3H3/t26-/m0/s1. The van der Waals surface area contributed by atoms with E-state index in [0.717, 1.165) is 56.1 Å². The number of rotatable bonds is 8. The van der Waals surface area contributed by atoms with Crippen molar-refractivity contribution in [1.29, 1.82) is 0 Å². The topological polar surface area (TPSA) is 54.4 Å². The minimum absolute atomic E-state index is 0.0926. The molecule has 1 atom stereocenters. The van der Waals surface area contributed by atoms with Crippen LogP contribution >= 0.6 is 0 Å². The van der Waals surface area contributed by atoms with Gasteiger partial charge in [0.25, 0.3) is 0 Å². The molecule has 1 fully saturated rings. The minimum atomic E-state index is -0.781. The van der Waals surface area contributed by atoms with Crippen LogP contribution in [0.5, 0.6) is 0 Å². The van der Waals surface area contributed by atoms with E-state index in [1.54, 1.807) is 14.2 Å². The minimum Gasteiger partial charge on any atom is -0.352 e. The highest BCUT2D eigenvalue weighted by atomic mass is 19.1. The molecule has 2 aliphatic heterocycles. The summed E-state index contributed by atoms with van der Waals surface area (Å²) in [5.74, 6) is -1.93. The van der Waals surface area contributed by atoms with Gasteiger partial charge in [0.2, 0.25) is 5.91 Å². The number of hydrogen-bond donors (Lipinski definition) is 0. The molecule has 4 rings (SSSR count). The second kappa shape index (κ2) is 10.5. The highest BCUT2D eigenvalue weighted by molar-refractivity contribution is 6.03. The maximum atomic E-state index is 14.7. The van der Waals surface area contributed by atoms with Crippen LogP contribution in [0, 0.1) is 11.6 Å². The molecule has 1 amide bonds. The number of carbonyl (C=O) groups is 1. The smallest absolute Gasteiger partial charge is 0.240 e. The van der Waals surface area contributed by atoms with E-state index in [9.17, 15) is 13.6 Å². The number of piperidine rings is 1. The number of amides is 1. The monoisotopic (exact) mass is 485 g/mol. The lowest BCUT2D eigenvalue weighted by Gasteiger charge is -2.41. The average Bonchev–Trinajstić information content (AvgIpc) is 3.27. The maximum absolute atomic E-state index is 14.7. The third-order valence-corrected chi connectivity index (χ3v) is 7.24. The van der Waals surface area contributed by atoms with Crippen LogP contribution < -0.4 is 0 Å². The van der Waals surface area contributed by atoms with Crippen molar-refractivity contribution < 1.29 is 23.0 Å². The summed E-state index contributed by atoms with van der Waals surface area (Å²) in [5, 5.41) is 6.01. The van der Waals surface area contributed by atoms with Gasteiger partial charge in [-0.05, 0) is 56.1 Å². The number of methoxy groups -OCH3 is 2. The van der Waals surface area contributed by atoms with Gasteiger partial charge in [0.1, 0.15) is 11.6 Å². The van der Waals surface area contributed by atoms with E-state index in [1.807, 2.05) is 30.3 Å². The Kier molecular flexibility index (Phi) is 7.64. The lowest BCUT2D eigenvalue weighted by atomic mass is 9.80. The van der Waals surface area contributed by atoms with Crippen molar-refractivity contribution in [3.63, 3.8) is 0 Å². The lowest BCUT2D eigenvalue weighted by molar-refractivity contribution is -0.232. The molecule has 0 unspecified atom stereocenters. The highest BCUT2D eigenvalue weighted by Crippen LogP contribution is 2.43. The van der Waals surface area contributed by atoms with Gasteiger partial charge >= 0.3 is 0 Å². The molecule has 1 saturated heterocycles. The Bertz CT molecular complexity index is 1070. The van der Waals surface area contributed by atoms with Gasteiger partial charge in [-0.15, -0.1) is 0 Å². The zero-order chi connectivity index (χ0) is 25.1. The van der Waals surface area contributed by atoms with Crippen LogP contribution in [0.4, 0.5) is 8.78 Å². The van der Waals surface area contributed by atoms with E-state index in [1.165, 1.54) is 11.9 Å². The molecule has 0 aliphatic carbocycles. The Balaban J connectivity index is 1.61. The van der Waals surface area contributed by atoms with Crippen molar-refractivity contribution in [3.8, 4) is 0 Å². The molecule has 2 aliphatic rings. The molecular weight excluding hydrogens is 452 g/mol. The summed E-state index contributed by atoms with van der Waals surface area (Å²) in [6.45, 7) is 3.87. The van der Waals surface area contributed by atoms with E-state index in [4.69, 9.17) is 9.47 Å². The van der Waals surface area contributed by atoms with Gasteiger partial charge in [-0.3, -0.25) is 9.69 Å². The van der Waals surface area contributed by atoms with Crippen molar-refractivity contribution in [3.05, 3.63) is 71.3 Å². The fourth-order valence-electron chi connectivity index (χ4n) is 5.43. The van der Waals surface area contributed by atoms with Crippen LogP contribution in [-0.4, -0.2) is 61.2 Å². The van der Waals surface area contributed by atoms with Gasteiger partial charge in [0.15, 0.2) is 5.79 Å². The molecule has 0 radical (unpaired) electrons. The molecular formula is C27H33F2N3O3. The largest absolute Gasteiger partial charge is 0.352 e. The SMILES string of the molecule is COC1(OC)CCCN(CCC[C@@]2(c3ccccc3)CC(c3cc(F)ccc3F)=NN2C(C)=O)C1. The summed E-state index contributed by atoms with van der Waals surface area (Å²) in [6, 6.07) is 13.0. The quantitative estimate of drug-likeness (QED) is 0.510. The highest BCUT2D eigenvalue weighted by Gasteiger charge is 2.46. The molecule has 0 N–H and O–H groups in total. The van der Waals surface area contributed by atoms with Crippen LogP contribution in [0.2, 0.25) is 0 Å². The molecule has 2 aromatic carbocycles. The molecule has 6 nitrogen and oxygen atoms in total. The number of carbonyl (C=O) groups excluding carboxylic acids is 1. The molecule has 35 heavy (non-hydrogen) atoms. The van der Waals surface area contributed by atoms with E-state index in [-0.39, 0.29) is 11.5 Å². The average molecular weight is 486 g/mol. The van der Waals surface area contributed by atoms with Crippen molar-refractivity contribution in [2.45, 2.75) is 50.4 Å². The molecule has 188 valence electrons. The predicted octanol–water partition coefficient (Wildman–Crippen LogP) is 4.68. The Morgan fingerprint density at radius 3 is 2.54 bits per heavy atom. The van der Waals surface area contributed by atoms with E-state index in [0.29, 0.717) is 25.1 Å². The summed E-state index contributed by atoms with van der Waals surface area (Å²) in [7, 11) is 3.34. The fourth-order valence-corrected chi connectivity index (χ4v) is 5.43. The Morgan fingerprint density at radius 1 is 1.11 bits per heavy atom. The fraction of sp³-hybridized carbons (Fsp3) is 0.481. The molecule has 0 aromatic heterocycles. The molecule has 0 saturated carbocycles. The van der Waals surface area contributed by atoms with Crippen LogP contribution in [0.15, 0.2) is 53.6 Å². The van der Waals surface area contributed by atoms with Gasteiger partial charge < -0.3 is 9.47 Å². The van der Waals surface area contributed by atoms with E-state index < -0.39 is 23.0 Å². The number of nitrogens with zero attached hydrogens (tertiary/aromatic N) is 3. The number of hydrogen-bond acceptors (Lipinski definition) is 5. The summed E-state index contributed by atoms with van der Waals surface area (Å²) in [6.07, 6.45) is 3.51. The Morgan fingerprint density at radius 2 is 1.86 bits per heavy atom. The number of ether oxygens (including phenoxy) is 2. The van der Waals surface area contributed by atoms with Gasteiger partial charge in [0, 0.05) is 39.5 Å². The normalized spacial score (nSPS) is 22.3. The first-order chi connectivity index (χ1) is 16.8. The summed E-state index contributed by atoms with van der Waals surface area (Å²) in [5.41, 5.74) is 0.607. The molecule has 8 heteroatoms. The predicted molar refractivity (Wildman–Crippen MR) is 130 cm³/mol. The van der Waals surface area contributed by atoms with Crippen LogP contribution in [0.1, 0.15) is 50.2 Å². The summed E-state index contributed by atoms with van der Waals surface area (Å²) in [4.78, 5) is 15.1. The zero-order valence-electron chi connectivity index (χ0n) is 20.6. The molecule has 2 aromatic rings. The first-order valence-corrected chi connectivity index (χ1v) is 12.0. The van der Waals surface area contributed by atoms with Crippen molar-refractivity contribution in [2.75, 3.05) is 33.9 Å². The second-order valence-corrected chi connectivity index (χ2v) is 9.38. The number of hydrazone groups is 1. The third kappa shape index (κ3) is 5.15. The van der Waals surface area contributed by atoms with Crippen LogP contribution in [0.25, 0.3) is 0 Å². The number of likely N-dealkylation sites (tertiary alicyclic amines) is 1. The maximum Gasteiger partial charge on any atom is 0.240 e. The molecule has 0 spiro atoms. The van der Waals surface area contributed by atoms with Gasteiger partial charge in [-0.2, -0.15) is 5.10 Å².